The molecule has 0 aliphatic rings. The van der Waals surface area contributed by atoms with Crippen LogP contribution in [-0.4, -0.2) is 17.6 Å². The van der Waals surface area contributed by atoms with Crippen molar-refractivity contribution in [2.24, 2.45) is 0 Å². The number of anilines is 2. The van der Waals surface area contributed by atoms with E-state index in [1.807, 2.05) is 67.6 Å². The van der Waals surface area contributed by atoms with Gasteiger partial charge in [-0.25, -0.2) is 4.79 Å². The Bertz CT molecular complexity index is 980. The number of carbonyl (C=O) groups is 1. The van der Waals surface area contributed by atoms with Gasteiger partial charge in [-0.05, 0) is 82.8 Å². The maximum Gasteiger partial charge on any atom is 0.319 e. The molecule has 0 fully saturated rings. The first-order valence-corrected chi connectivity index (χ1v) is 11.1. The molecule has 7 heteroatoms. The van der Waals surface area contributed by atoms with E-state index in [1.54, 1.807) is 24.3 Å². The molecule has 1 aromatic heterocycles. The van der Waals surface area contributed by atoms with E-state index in [0.717, 1.165) is 32.9 Å². The summed E-state index contributed by atoms with van der Waals surface area (Å²) >= 11 is 5.28. The van der Waals surface area contributed by atoms with Gasteiger partial charge in [-0.2, -0.15) is 0 Å². The molecule has 0 spiro atoms. The van der Waals surface area contributed by atoms with E-state index in [2.05, 4.69) is 48.0 Å². The van der Waals surface area contributed by atoms with Gasteiger partial charge in [-0.15, -0.1) is 0 Å². The molecule has 0 radical (unpaired) electrons. The number of benzene rings is 2. The number of carbonyl (C=O) groups excluding carboxylic acids is 1. The van der Waals surface area contributed by atoms with Crippen molar-refractivity contribution in [1.29, 1.82) is 0 Å². The second-order valence-corrected chi connectivity index (χ2v) is 8.29. The highest BCUT2D eigenvalue weighted by atomic mass is 79.9. The molecule has 0 aliphatic heterocycles. The first kappa shape index (κ1) is 21.9. The van der Waals surface area contributed by atoms with Crippen molar-refractivity contribution in [2.75, 3.05) is 16.2 Å². The molecule has 30 heavy (non-hydrogen) atoms. The largest absolute Gasteiger partial charge is 0.334 e. The quantitative estimate of drug-likeness (QED) is 0.294. The molecule has 5 nitrogen and oxygen atoms in total. The van der Waals surface area contributed by atoms with Crippen LogP contribution in [0.4, 0.5) is 16.2 Å². The highest BCUT2D eigenvalue weighted by Gasteiger charge is 2.10. The van der Waals surface area contributed by atoms with Crippen LogP contribution in [0.2, 0.25) is 0 Å². The van der Waals surface area contributed by atoms with E-state index < -0.39 is 0 Å². The molecule has 0 unspecified atom stereocenters. The minimum atomic E-state index is -0.250. The van der Waals surface area contributed by atoms with Crippen LogP contribution < -0.4 is 14.9 Å². The number of halogens is 1. The van der Waals surface area contributed by atoms with E-state index in [4.69, 9.17) is 0 Å². The molecule has 2 aromatic carbocycles. The van der Waals surface area contributed by atoms with Crippen LogP contribution >= 0.6 is 27.9 Å². The van der Waals surface area contributed by atoms with E-state index in [9.17, 15) is 4.79 Å². The van der Waals surface area contributed by atoms with Crippen molar-refractivity contribution >= 4 is 45.3 Å². The Kier molecular flexibility index (Phi) is 8.35. The minimum absolute atomic E-state index is 0.250. The summed E-state index contributed by atoms with van der Waals surface area (Å²) in [5, 5.41) is 5.70. The molecule has 0 bridgehead atoms. The van der Waals surface area contributed by atoms with Gasteiger partial charge in [-0.3, -0.25) is 4.98 Å². The number of hydrogen-bond donors (Lipinski definition) is 2. The Morgan fingerprint density at radius 1 is 1.13 bits per heavy atom. The van der Waals surface area contributed by atoms with Gasteiger partial charge in [0, 0.05) is 46.2 Å². The molecule has 0 saturated carbocycles. The molecule has 0 aliphatic carbocycles. The fraction of sp³-hybridized carbons (Fsp3) is 0.130. The average molecular weight is 483 g/mol. The van der Waals surface area contributed by atoms with Crippen LogP contribution in [0.15, 0.2) is 94.6 Å². The standard InChI is InChI=1S/C23H23BrN4OS/c1-2-3-15-28(30-22-9-5-4-8-21(22)24)20-12-10-19(11-13-20)27-23(29)26-17-18-7-6-14-25-16-18/h2-14,16H,15,17H2,1H3,(H2,26,27,29). The third kappa shape index (κ3) is 6.64. The van der Waals surface area contributed by atoms with E-state index >= 15 is 0 Å². The van der Waals surface area contributed by atoms with Crippen molar-refractivity contribution in [3.05, 3.63) is 95.2 Å². The third-order valence-electron chi connectivity index (χ3n) is 4.14. The van der Waals surface area contributed by atoms with Gasteiger partial charge in [0.1, 0.15) is 0 Å². The Labute approximate surface area is 189 Å². The number of amides is 2. The van der Waals surface area contributed by atoms with Crippen molar-refractivity contribution in [3.8, 4) is 0 Å². The molecule has 154 valence electrons. The first-order chi connectivity index (χ1) is 14.7. The lowest BCUT2D eigenvalue weighted by Gasteiger charge is -2.23. The second kappa shape index (κ2) is 11.4. The van der Waals surface area contributed by atoms with E-state index in [-0.39, 0.29) is 6.03 Å². The molecular formula is C23H23BrN4OS. The molecule has 1 heterocycles. The Morgan fingerprint density at radius 2 is 1.93 bits per heavy atom. The molecule has 2 N–H and O–H groups in total. The van der Waals surface area contributed by atoms with Crippen LogP contribution in [-0.2, 0) is 6.54 Å². The average Bonchev–Trinajstić information content (AvgIpc) is 2.78. The van der Waals surface area contributed by atoms with Crippen LogP contribution in [0, 0.1) is 0 Å². The lowest BCUT2D eigenvalue weighted by Crippen LogP contribution is -2.28. The molecule has 0 atom stereocenters. The van der Waals surface area contributed by atoms with Gasteiger partial charge in [0.25, 0.3) is 0 Å². The smallest absolute Gasteiger partial charge is 0.319 e. The summed E-state index contributed by atoms with van der Waals surface area (Å²) in [7, 11) is 0. The molecule has 2 amide bonds. The van der Waals surface area contributed by atoms with Crippen molar-refractivity contribution in [2.45, 2.75) is 18.4 Å². The van der Waals surface area contributed by atoms with Crippen LogP contribution in [0.3, 0.4) is 0 Å². The zero-order valence-electron chi connectivity index (χ0n) is 16.6. The van der Waals surface area contributed by atoms with Crippen molar-refractivity contribution < 1.29 is 4.79 Å². The zero-order valence-corrected chi connectivity index (χ0v) is 19.0. The predicted molar refractivity (Wildman–Crippen MR) is 129 cm³/mol. The second-order valence-electron chi connectivity index (χ2n) is 6.37. The number of pyridine rings is 1. The van der Waals surface area contributed by atoms with Gasteiger partial charge in [0.15, 0.2) is 0 Å². The number of nitrogens with one attached hydrogen (secondary N) is 2. The predicted octanol–water partition coefficient (Wildman–Crippen LogP) is 6.26. The van der Waals surface area contributed by atoms with Crippen LogP contribution in [0.5, 0.6) is 0 Å². The highest BCUT2D eigenvalue weighted by molar-refractivity contribution is 9.10. The van der Waals surface area contributed by atoms with Crippen molar-refractivity contribution in [1.82, 2.24) is 10.3 Å². The molecule has 3 aromatic rings. The van der Waals surface area contributed by atoms with E-state index in [1.165, 1.54) is 0 Å². The van der Waals surface area contributed by atoms with Crippen LogP contribution in [0.25, 0.3) is 0 Å². The number of rotatable bonds is 8. The van der Waals surface area contributed by atoms with Crippen molar-refractivity contribution in [3.63, 3.8) is 0 Å². The first-order valence-electron chi connectivity index (χ1n) is 9.50. The summed E-state index contributed by atoms with van der Waals surface area (Å²) in [6.45, 7) is 3.21. The van der Waals surface area contributed by atoms with Gasteiger partial charge in [0.05, 0.1) is 0 Å². The maximum atomic E-state index is 12.2. The monoisotopic (exact) mass is 482 g/mol. The lowest BCUT2D eigenvalue weighted by atomic mass is 10.2. The summed E-state index contributed by atoms with van der Waals surface area (Å²) in [5.41, 5.74) is 2.74. The molecule has 3 rings (SSSR count). The molecule has 0 saturated heterocycles. The summed E-state index contributed by atoms with van der Waals surface area (Å²) in [5.74, 6) is 0. The van der Waals surface area contributed by atoms with E-state index in [0.29, 0.717) is 6.54 Å². The highest BCUT2D eigenvalue weighted by Crippen LogP contribution is 2.33. The zero-order chi connectivity index (χ0) is 21.2. The Balaban J connectivity index is 1.62. The fourth-order valence-corrected chi connectivity index (χ4v) is 4.03. The molecular weight excluding hydrogens is 460 g/mol. The number of allylic oxidation sites excluding steroid dienone is 1. The maximum absolute atomic E-state index is 12.2. The summed E-state index contributed by atoms with van der Waals surface area (Å²) in [6, 6.07) is 19.5. The summed E-state index contributed by atoms with van der Waals surface area (Å²) in [6.07, 6.45) is 7.59. The number of hydrogen-bond acceptors (Lipinski definition) is 4. The van der Waals surface area contributed by atoms with Crippen LogP contribution in [0.1, 0.15) is 12.5 Å². The number of aromatic nitrogens is 1. The number of nitrogens with zero attached hydrogens (tertiary/aromatic N) is 2. The Hall–Kier alpha value is -2.77. The summed E-state index contributed by atoms with van der Waals surface area (Å²) < 4.78 is 3.26. The summed E-state index contributed by atoms with van der Waals surface area (Å²) in [4.78, 5) is 17.3. The fourth-order valence-electron chi connectivity index (χ4n) is 2.61. The SMILES string of the molecule is CC=CCN(Sc1ccccc1Br)c1ccc(NC(=O)NCc2cccnc2)cc1. The normalized spacial score (nSPS) is 10.7. The topological polar surface area (TPSA) is 57.3 Å². The van der Waals surface area contributed by atoms with Gasteiger partial charge < -0.3 is 14.9 Å². The minimum Gasteiger partial charge on any atom is -0.334 e. The Morgan fingerprint density at radius 3 is 2.63 bits per heavy atom. The lowest BCUT2D eigenvalue weighted by molar-refractivity contribution is 0.251. The van der Waals surface area contributed by atoms with Gasteiger partial charge in [-0.1, -0.05) is 30.4 Å². The van der Waals surface area contributed by atoms with Gasteiger partial charge >= 0.3 is 6.03 Å². The van der Waals surface area contributed by atoms with Gasteiger partial charge in [0.2, 0.25) is 0 Å². The third-order valence-corrected chi connectivity index (χ3v) is 6.23. The number of urea groups is 1.